The largest absolute Gasteiger partial charge is 0.493 e. The SMILES string of the molecule is CCOC(=O)c1c(NC(=O)C(Sc2cccc(NC(=O)c3ccc(OC)c(OC)c3)c2)c2ccccc2)sc2c1CCN(C(C)=O)C2. The first-order valence-corrected chi connectivity index (χ1v) is 16.6. The maximum atomic E-state index is 14.1. The summed E-state index contributed by atoms with van der Waals surface area (Å²) < 4.78 is 16.0. The smallest absolute Gasteiger partial charge is 0.341 e. The standard InChI is InChI=1S/C35H35N3O7S2/c1-5-45-35(42)30-26-16-17-38(21(2)39)20-29(26)47-34(30)37-33(41)31(22-10-7-6-8-11-22)46-25-13-9-12-24(19-25)36-32(40)23-14-15-27(43-3)28(18-23)44-4/h6-15,18-19,31H,5,16-17,20H2,1-4H3,(H,36,40)(H,37,41). The fourth-order valence-corrected chi connectivity index (χ4v) is 7.56. The lowest BCUT2D eigenvalue weighted by Crippen LogP contribution is -2.34. The van der Waals surface area contributed by atoms with Crippen molar-refractivity contribution in [2.75, 3.05) is 38.0 Å². The van der Waals surface area contributed by atoms with Gasteiger partial charge in [-0.25, -0.2) is 4.79 Å². The molecule has 1 aliphatic rings. The molecule has 1 unspecified atom stereocenters. The van der Waals surface area contributed by atoms with Gasteiger partial charge in [0, 0.05) is 34.5 Å². The van der Waals surface area contributed by atoms with Crippen LogP contribution in [-0.2, 0) is 27.3 Å². The summed E-state index contributed by atoms with van der Waals surface area (Å²) in [6, 6.07) is 21.5. The summed E-state index contributed by atoms with van der Waals surface area (Å²) in [5.74, 6) is -0.248. The molecule has 244 valence electrons. The van der Waals surface area contributed by atoms with Crippen molar-refractivity contribution in [3.8, 4) is 11.5 Å². The van der Waals surface area contributed by atoms with E-state index in [9.17, 15) is 19.2 Å². The van der Waals surface area contributed by atoms with E-state index in [1.54, 1.807) is 48.2 Å². The van der Waals surface area contributed by atoms with Crippen LogP contribution in [0.25, 0.3) is 0 Å². The number of fused-ring (bicyclic) bond motifs is 1. The van der Waals surface area contributed by atoms with E-state index < -0.39 is 11.2 Å². The molecule has 47 heavy (non-hydrogen) atoms. The Bertz CT molecular complexity index is 1790. The van der Waals surface area contributed by atoms with E-state index in [4.69, 9.17) is 14.2 Å². The number of nitrogens with one attached hydrogen (secondary N) is 2. The highest BCUT2D eigenvalue weighted by Crippen LogP contribution is 2.41. The van der Waals surface area contributed by atoms with E-state index in [1.807, 2.05) is 36.4 Å². The van der Waals surface area contributed by atoms with Crippen molar-refractivity contribution in [1.29, 1.82) is 0 Å². The van der Waals surface area contributed by atoms with Gasteiger partial charge in [-0.3, -0.25) is 14.4 Å². The molecule has 0 saturated heterocycles. The van der Waals surface area contributed by atoms with Crippen LogP contribution in [0.2, 0.25) is 0 Å². The fourth-order valence-electron chi connectivity index (χ4n) is 5.22. The van der Waals surface area contributed by atoms with Crippen molar-refractivity contribution in [3.05, 3.63) is 99.9 Å². The van der Waals surface area contributed by atoms with Crippen LogP contribution in [0.3, 0.4) is 0 Å². The Morgan fingerprint density at radius 3 is 2.40 bits per heavy atom. The van der Waals surface area contributed by atoms with Crippen LogP contribution in [0.4, 0.5) is 10.7 Å². The second kappa shape index (κ2) is 15.2. The number of nitrogens with zero attached hydrogens (tertiary/aromatic N) is 1. The molecular formula is C35H35N3O7S2. The van der Waals surface area contributed by atoms with Crippen molar-refractivity contribution in [3.63, 3.8) is 0 Å². The maximum absolute atomic E-state index is 14.1. The Morgan fingerprint density at radius 1 is 0.936 bits per heavy atom. The molecule has 0 spiro atoms. The average molecular weight is 674 g/mol. The molecule has 3 aromatic carbocycles. The lowest BCUT2D eigenvalue weighted by atomic mass is 10.0. The second-order valence-corrected chi connectivity index (χ2v) is 12.9. The zero-order valence-electron chi connectivity index (χ0n) is 26.5. The molecule has 0 saturated carbocycles. The van der Waals surface area contributed by atoms with Crippen molar-refractivity contribution in [2.45, 2.75) is 37.0 Å². The molecule has 1 aromatic heterocycles. The summed E-state index contributed by atoms with van der Waals surface area (Å²) in [5, 5.41) is 5.64. The van der Waals surface area contributed by atoms with Gasteiger partial charge in [-0.15, -0.1) is 23.1 Å². The Hall–Kier alpha value is -4.81. The number of carbonyl (C=O) groups excluding carboxylic acids is 4. The summed E-state index contributed by atoms with van der Waals surface area (Å²) in [4.78, 5) is 55.7. The third kappa shape index (κ3) is 7.78. The fraction of sp³-hybridized carbons (Fsp3) is 0.257. The highest BCUT2D eigenvalue weighted by molar-refractivity contribution is 8.00. The third-order valence-electron chi connectivity index (χ3n) is 7.55. The molecule has 10 nitrogen and oxygen atoms in total. The number of methoxy groups -OCH3 is 2. The Labute approximate surface area is 281 Å². The maximum Gasteiger partial charge on any atom is 0.341 e. The van der Waals surface area contributed by atoms with Crippen LogP contribution < -0.4 is 20.1 Å². The van der Waals surface area contributed by atoms with Gasteiger partial charge < -0.3 is 29.7 Å². The molecule has 0 aliphatic carbocycles. The van der Waals surface area contributed by atoms with E-state index >= 15 is 0 Å². The number of anilines is 2. The zero-order valence-corrected chi connectivity index (χ0v) is 28.1. The Balaban J connectivity index is 1.40. The molecule has 4 aromatic rings. The van der Waals surface area contributed by atoms with Crippen LogP contribution >= 0.6 is 23.1 Å². The molecule has 0 radical (unpaired) electrons. The highest BCUT2D eigenvalue weighted by Gasteiger charge is 2.32. The van der Waals surface area contributed by atoms with Gasteiger partial charge in [-0.2, -0.15) is 0 Å². The number of ether oxygens (including phenoxy) is 3. The number of hydrogen-bond acceptors (Lipinski definition) is 9. The predicted octanol–water partition coefficient (Wildman–Crippen LogP) is 6.57. The Morgan fingerprint density at radius 2 is 1.70 bits per heavy atom. The van der Waals surface area contributed by atoms with Gasteiger partial charge in [-0.05, 0) is 60.9 Å². The number of carbonyl (C=O) groups is 4. The second-order valence-electron chi connectivity index (χ2n) is 10.6. The predicted molar refractivity (Wildman–Crippen MR) is 183 cm³/mol. The van der Waals surface area contributed by atoms with Gasteiger partial charge in [-0.1, -0.05) is 36.4 Å². The van der Waals surface area contributed by atoms with E-state index in [2.05, 4.69) is 10.6 Å². The van der Waals surface area contributed by atoms with Crippen molar-refractivity contribution in [2.24, 2.45) is 0 Å². The van der Waals surface area contributed by atoms with Gasteiger partial charge >= 0.3 is 5.97 Å². The topological polar surface area (TPSA) is 123 Å². The summed E-state index contributed by atoms with van der Waals surface area (Å²) in [6.45, 7) is 4.30. The minimum absolute atomic E-state index is 0.0463. The highest BCUT2D eigenvalue weighted by atomic mass is 32.2. The van der Waals surface area contributed by atoms with E-state index in [0.29, 0.717) is 52.8 Å². The van der Waals surface area contributed by atoms with Crippen LogP contribution in [-0.4, -0.2) is 56.0 Å². The van der Waals surface area contributed by atoms with E-state index in [-0.39, 0.29) is 24.3 Å². The van der Waals surface area contributed by atoms with Gasteiger partial charge in [0.05, 0.1) is 32.9 Å². The molecule has 2 heterocycles. The lowest BCUT2D eigenvalue weighted by Gasteiger charge is -2.25. The van der Waals surface area contributed by atoms with Crippen molar-refractivity contribution < 1.29 is 33.4 Å². The average Bonchev–Trinajstić information content (AvgIpc) is 3.44. The molecule has 2 N–H and O–H groups in total. The minimum atomic E-state index is -0.698. The molecule has 3 amide bonds. The normalized spacial score (nSPS) is 12.8. The number of benzene rings is 3. The number of amides is 3. The number of hydrogen-bond donors (Lipinski definition) is 2. The Kier molecular flexibility index (Phi) is 10.8. The summed E-state index contributed by atoms with van der Waals surface area (Å²) in [5.41, 5.74) is 2.86. The van der Waals surface area contributed by atoms with Gasteiger partial charge in [0.25, 0.3) is 5.91 Å². The summed E-state index contributed by atoms with van der Waals surface area (Å²) >= 11 is 2.61. The van der Waals surface area contributed by atoms with Crippen LogP contribution in [0.1, 0.15) is 55.8 Å². The van der Waals surface area contributed by atoms with Gasteiger partial charge in [0.15, 0.2) is 11.5 Å². The van der Waals surface area contributed by atoms with Crippen LogP contribution in [0.15, 0.2) is 77.7 Å². The molecule has 1 aliphatic heterocycles. The number of esters is 1. The zero-order chi connectivity index (χ0) is 33.5. The summed E-state index contributed by atoms with van der Waals surface area (Å²) in [6.07, 6.45) is 0.494. The molecular weight excluding hydrogens is 639 g/mol. The monoisotopic (exact) mass is 673 g/mol. The lowest BCUT2D eigenvalue weighted by molar-refractivity contribution is -0.129. The van der Waals surface area contributed by atoms with Gasteiger partial charge in [0.1, 0.15) is 10.3 Å². The minimum Gasteiger partial charge on any atom is -0.493 e. The van der Waals surface area contributed by atoms with Crippen molar-refractivity contribution in [1.82, 2.24) is 4.90 Å². The molecule has 12 heteroatoms. The molecule has 5 rings (SSSR count). The van der Waals surface area contributed by atoms with E-state index in [0.717, 1.165) is 20.9 Å². The van der Waals surface area contributed by atoms with Crippen LogP contribution in [0, 0.1) is 0 Å². The molecule has 0 fully saturated rings. The number of rotatable bonds is 11. The van der Waals surface area contributed by atoms with Crippen LogP contribution in [0.5, 0.6) is 11.5 Å². The quantitative estimate of drug-likeness (QED) is 0.135. The van der Waals surface area contributed by atoms with Crippen molar-refractivity contribution >= 4 is 57.5 Å². The first-order valence-electron chi connectivity index (χ1n) is 14.9. The molecule has 1 atom stereocenters. The number of thioether (sulfide) groups is 1. The summed E-state index contributed by atoms with van der Waals surface area (Å²) in [7, 11) is 3.03. The van der Waals surface area contributed by atoms with Gasteiger partial charge in [0.2, 0.25) is 11.8 Å². The number of thiophene rings is 1. The molecule has 0 bridgehead atoms. The first kappa shape index (κ1) is 33.6. The third-order valence-corrected chi connectivity index (χ3v) is 9.93. The van der Waals surface area contributed by atoms with E-state index in [1.165, 1.54) is 44.2 Å². The first-order chi connectivity index (χ1) is 22.7.